The lowest BCUT2D eigenvalue weighted by molar-refractivity contribution is 0.586. The van der Waals surface area contributed by atoms with Gasteiger partial charge in [0.1, 0.15) is 0 Å². The normalized spacial score (nSPS) is 11.7. The molecule has 0 atom stereocenters. The standard InChI is InChI=1S/C19H17Cl2NS/c1-19(2,3)18-22-16(13-9-10-14(20)15(21)11-13)17(23-18)12-7-5-4-6-8-12/h4-11H,1-3H3. The van der Waals surface area contributed by atoms with Gasteiger partial charge in [0, 0.05) is 11.0 Å². The lowest BCUT2D eigenvalue weighted by Crippen LogP contribution is -2.10. The minimum absolute atomic E-state index is 0.00265. The first-order valence-electron chi connectivity index (χ1n) is 7.38. The van der Waals surface area contributed by atoms with Crippen LogP contribution in [0.5, 0.6) is 0 Å². The van der Waals surface area contributed by atoms with Crippen LogP contribution in [0.2, 0.25) is 10.0 Å². The highest BCUT2D eigenvalue weighted by Crippen LogP contribution is 2.41. The first-order valence-corrected chi connectivity index (χ1v) is 8.95. The molecule has 0 saturated heterocycles. The average molecular weight is 362 g/mol. The predicted octanol–water partition coefficient (Wildman–Crippen LogP) is 7.08. The lowest BCUT2D eigenvalue weighted by atomic mass is 9.98. The summed E-state index contributed by atoms with van der Waals surface area (Å²) in [6, 6.07) is 16.0. The predicted molar refractivity (Wildman–Crippen MR) is 102 cm³/mol. The maximum absolute atomic E-state index is 6.20. The van der Waals surface area contributed by atoms with E-state index in [9.17, 15) is 0 Å². The van der Waals surface area contributed by atoms with Gasteiger partial charge < -0.3 is 0 Å². The Morgan fingerprint density at radius 3 is 2.17 bits per heavy atom. The summed E-state index contributed by atoms with van der Waals surface area (Å²) in [5, 5.41) is 2.22. The van der Waals surface area contributed by atoms with Crippen molar-refractivity contribution in [1.29, 1.82) is 0 Å². The van der Waals surface area contributed by atoms with Crippen LogP contribution in [0.3, 0.4) is 0 Å². The van der Waals surface area contributed by atoms with Gasteiger partial charge in [-0.25, -0.2) is 4.98 Å². The SMILES string of the molecule is CC(C)(C)c1nc(-c2ccc(Cl)c(Cl)c2)c(-c2ccccc2)s1. The highest BCUT2D eigenvalue weighted by Gasteiger charge is 2.23. The number of nitrogens with zero attached hydrogens (tertiary/aromatic N) is 1. The first-order chi connectivity index (χ1) is 10.9. The van der Waals surface area contributed by atoms with E-state index in [4.69, 9.17) is 28.2 Å². The average Bonchev–Trinajstić information content (AvgIpc) is 2.96. The van der Waals surface area contributed by atoms with Crippen LogP contribution in [0.15, 0.2) is 48.5 Å². The number of hydrogen-bond acceptors (Lipinski definition) is 2. The van der Waals surface area contributed by atoms with E-state index in [0.29, 0.717) is 10.0 Å². The van der Waals surface area contributed by atoms with Gasteiger partial charge in [-0.05, 0) is 17.7 Å². The largest absolute Gasteiger partial charge is 0.240 e. The number of aromatic nitrogens is 1. The number of thiazole rings is 1. The minimum Gasteiger partial charge on any atom is -0.240 e. The van der Waals surface area contributed by atoms with Crippen molar-refractivity contribution in [1.82, 2.24) is 4.98 Å². The highest BCUT2D eigenvalue weighted by atomic mass is 35.5. The third kappa shape index (κ3) is 3.45. The van der Waals surface area contributed by atoms with Crippen LogP contribution < -0.4 is 0 Å². The van der Waals surface area contributed by atoms with E-state index < -0.39 is 0 Å². The summed E-state index contributed by atoms with van der Waals surface area (Å²) in [6.45, 7) is 6.54. The van der Waals surface area contributed by atoms with Crippen LogP contribution in [-0.4, -0.2) is 4.98 Å². The Bertz CT molecular complexity index is 832. The van der Waals surface area contributed by atoms with Crippen LogP contribution >= 0.6 is 34.5 Å². The van der Waals surface area contributed by atoms with Gasteiger partial charge in [-0.15, -0.1) is 11.3 Å². The molecule has 118 valence electrons. The van der Waals surface area contributed by atoms with E-state index in [0.717, 1.165) is 21.1 Å². The second-order valence-electron chi connectivity index (χ2n) is 6.44. The van der Waals surface area contributed by atoms with Crippen molar-refractivity contribution < 1.29 is 0 Å². The molecule has 1 heterocycles. The number of halogens is 2. The van der Waals surface area contributed by atoms with Crippen molar-refractivity contribution in [2.75, 3.05) is 0 Å². The van der Waals surface area contributed by atoms with Gasteiger partial charge in [0.2, 0.25) is 0 Å². The molecule has 0 aliphatic heterocycles. The molecule has 0 N–H and O–H groups in total. The van der Waals surface area contributed by atoms with E-state index in [1.807, 2.05) is 36.4 Å². The van der Waals surface area contributed by atoms with Gasteiger partial charge in [-0.2, -0.15) is 0 Å². The minimum atomic E-state index is 0.00265. The van der Waals surface area contributed by atoms with E-state index in [1.165, 1.54) is 5.56 Å². The molecular formula is C19H17Cl2NS. The molecule has 1 aromatic heterocycles. The maximum Gasteiger partial charge on any atom is 0.0992 e. The Balaban J connectivity index is 2.22. The van der Waals surface area contributed by atoms with E-state index in [1.54, 1.807) is 11.3 Å². The first kappa shape index (κ1) is 16.5. The van der Waals surface area contributed by atoms with E-state index in [-0.39, 0.29) is 5.41 Å². The fourth-order valence-corrected chi connectivity index (χ4v) is 3.71. The molecule has 4 heteroatoms. The van der Waals surface area contributed by atoms with Gasteiger partial charge in [-0.1, -0.05) is 80.4 Å². The smallest absolute Gasteiger partial charge is 0.0992 e. The molecule has 0 unspecified atom stereocenters. The topological polar surface area (TPSA) is 12.9 Å². The molecule has 0 saturated carbocycles. The molecule has 0 aliphatic rings. The summed E-state index contributed by atoms with van der Waals surface area (Å²) in [7, 11) is 0. The van der Waals surface area contributed by atoms with Crippen molar-refractivity contribution in [2.24, 2.45) is 0 Å². The third-order valence-corrected chi connectivity index (χ3v) is 5.77. The van der Waals surface area contributed by atoms with Gasteiger partial charge in [0.15, 0.2) is 0 Å². The van der Waals surface area contributed by atoms with Gasteiger partial charge in [-0.3, -0.25) is 0 Å². The van der Waals surface area contributed by atoms with Crippen molar-refractivity contribution in [3.05, 3.63) is 63.6 Å². The monoisotopic (exact) mass is 361 g/mol. The van der Waals surface area contributed by atoms with Crippen molar-refractivity contribution in [2.45, 2.75) is 26.2 Å². The molecule has 3 rings (SSSR count). The lowest BCUT2D eigenvalue weighted by Gasteiger charge is -2.13. The fraction of sp³-hybridized carbons (Fsp3) is 0.211. The van der Waals surface area contributed by atoms with Crippen LogP contribution in [0.25, 0.3) is 21.7 Å². The molecule has 0 aliphatic carbocycles. The second kappa shape index (κ2) is 6.27. The van der Waals surface area contributed by atoms with Crippen LogP contribution in [0.1, 0.15) is 25.8 Å². The fourth-order valence-electron chi connectivity index (χ4n) is 2.27. The molecule has 23 heavy (non-hydrogen) atoms. The zero-order valence-electron chi connectivity index (χ0n) is 13.2. The number of rotatable bonds is 2. The molecule has 0 amide bonds. The van der Waals surface area contributed by atoms with Crippen molar-refractivity contribution >= 4 is 34.5 Å². The van der Waals surface area contributed by atoms with Gasteiger partial charge in [0.25, 0.3) is 0 Å². The molecular weight excluding hydrogens is 345 g/mol. The van der Waals surface area contributed by atoms with E-state index in [2.05, 4.69) is 32.9 Å². The Labute approximate surface area is 150 Å². The molecule has 3 aromatic rings. The summed E-state index contributed by atoms with van der Waals surface area (Å²) >= 11 is 14.0. The Kier molecular flexibility index (Phi) is 4.50. The van der Waals surface area contributed by atoms with E-state index >= 15 is 0 Å². The van der Waals surface area contributed by atoms with Crippen LogP contribution in [0, 0.1) is 0 Å². The Hall–Kier alpha value is -1.35. The summed E-state index contributed by atoms with van der Waals surface area (Å²) in [6.07, 6.45) is 0. The zero-order valence-corrected chi connectivity index (χ0v) is 15.6. The van der Waals surface area contributed by atoms with Crippen molar-refractivity contribution in [3.63, 3.8) is 0 Å². The molecule has 2 aromatic carbocycles. The second-order valence-corrected chi connectivity index (χ2v) is 8.26. The molecule has 1 nitrogen and oxygen atoms in total. The quantitative estimate of drug-likeness (QED) is 0.474. The summed E-state index contributed by atoms with van der Waals surface area (Å²) in [4.78, 5) is 6.08. The summed E-state index contributed by atoms with van der Waals surface area (Å²) in [5.74, 6) is 0. The number of benzene rings is 2. The molecule has 0 radical (unpaired) electrons. The molecule has 0 fully saturated rings. The summed E-state index contributed by atoms with van der Waals surface area (Å²) < 4.78 is 0. The Morgan fingerprint density at radius 2 is 1.57 bits per heavy atom. The maximum atomic E-state index is 6.20. The number of hydrogen-bond donors (Lipinski definition) is 0. The van der Waals surface area contributed by atoms with Crippen molar-refractivity contribution in [3.8, 4) is 21.7 Å². The molecule has 0 bridgehead atoms. The highest BCUT2D eigenvalue weighted by molar-refractivity contribution is 7.15. The summed E-state index contributed by atoms with van der Waals surface area (Å²) in [5.41, 5.74) is 3.12. The zero-order chi connectivity index (χ0) is 16.6. The Morgan fingerprint density at radius 1 is 0.870 bits per heavy atom. The molecule has 0 spiro atoms. The third-order valence-electron chi connectivity index (χ3n) is 3.50. The van der Waals surface area contributed by atoms with Gasteiger partial charge in [0.05, 0.1) is 25.6 Å². The van der Waals surface area contributed by atoms with Gasteiger partial charge >= 0.3 is 0 Å². The van der Waals surface area contributed by atoms with Crippen LogP contribution in [0.4, 0.5) is 0 Å². The van der Waals surface area contributed by atoms with Crippen LogP contribution in [-0.2, 0) is 5.41 Å².